The summed E-state index contributed by atoms with van der Waals surface area (Å²) in [6.45, 7) is 6.17. The Hall–Kier alpha value is -3.67. The first kappa shape index (κ1) is 26.0. The van der Waals surface area contributed by atoms with Crippen LogP contribution < -0.4 is 9.62 Å². The summed E-state index contributed by atoms with van der Waals surface area (Å²) in [4.78, 5) is 7.19. The van der Waals surface area contributed by atoms with Crippen molar-refractivity contribution in [3.05, 3.63) is 78.0 Å². The molecule has 0 radical (unpaired) electrons. The lowest BCUT2D eigenvalue weighted by molar-refractivity contribution is 0.323. The van der Waals surface area contributed by atoms with Crippen molar-refractivity contribution >= 4 is 26.7 Å². The number of pyridine rings is 1. The molecule has 1 aliphatic carbocycles. The van der Waals surface area contributed by atoms with Crippen LogP contribution in [0, 0.1) is 11.3 Å². The molecule has 8 heteroatoms. The fourth-order valence-corrected chi connectivity index (χ4v) is 6.40. The van der Waals surface area contributed by atoms with Gasteiger partial charge in [-0.25, -0.2) is 18.1 Å². The van der Waals surface area contributed by atoms with E-state index >= 15 is 0 Å². The summed E-state index contributed by atoms with van der Waals surface area (Å²) >= 11 is 0. The Kier molecular flexibility index (Phi) is 6.76. The smallest absolute Gasteiger partial charge is 0.241 e. The number of nitrogens with zero attached hydrogens (tertiary/aromatic N) is 4. The van der Waals surface area contributed by atoms with Gasteiger partial charge in [0.05, 0.1) is 28.0 Å². The molecule has 196 valence electrons. The maximum atomic E-state index is 12.8. The molecule has 1 saturated carbocycles. The summed E-state index contributed by atoms with van der Waals surface area (Å²) in [6, 6.07) is 21.8. The maximum absolute atomic E-state index is 12.8. The number of benzene rings is 2. The minimum Gasteiger partial charge on any atom is -0.369 e. The molecular weight excluding hydrogens is 494 g/mol. The van der Waals surface area contributed by atoms with E-state index in [2.05, 4.69) is 38.5 Å². The highest BCUT2D eigenvalue weighted by molar-refractivity contribution is 7.89. The van der Waals surface area contributed by atoms with E-state index in [-0.39, 0.29) is 10.9 Å². The maximum Gasteiger partial charge on any atom is 0.241 e. The zero-order valence-electron chi connectivity index (χ0n) is 22.3. The fourth-order valence-electron chi connectivity index (χ4n) is 4.98. The number of nitriles is 1. The highest BCUT2D eigenvalue weighted by Gasteiger charge is 2.29. The van der Waals surface area contributed by atoms with Crippen LogP contribution >= 0.6 is 0 Å². The predicted molar refractivity (Wildman–Crippen MR) is 151 cm³/mol. The second kappa shape index (κ2) is 9.90. The van der Waals surface area contributed by atoms with Gasteiger partial charge >= 0.3 is 0 Å². The zero-order chi connectivity index (χ0) is 27.1. The van der Waals surface area contributed by atoms with E-state index in [1.807, 2.05) is 52.2 Å². The average Bonchev–Trinajstić information content (AvgIpc) is 3.15. The summed E-state index contributed by atoms with van der Waals surface area (Å²) in [6.07, 6.45) is 5.07. The van der Waals surface area contributed by atoms with Crippen LogP contribution in [0.15, 0.2) is 71.8 Å². The molecule has 0 atom stereocenters. The summed E-state index contributed by atoms with van der Waals surface area (Å²) in [5.74, 6) is 0. The van der Waals surface area contributed by atoms with E-state index in [1.165, 1.54) is 5.56 Å². The van der Waals surface area contributed by atoms with Crippen molar-refractivity contribution < 1.29 is 8.42 Å². The van der Waals surface area contributed by atoms with Crippen LogP contribution in [-0.4, -0.2) is 30.6 Å². The number of aromatic nitrogens is 2. The Balaban J connectivity index is 1.58. The van der Waals surface area contributed by atoms with Crippen molar-refractivity contribution in [2.24, 2.45) is 0 Å². The number of sulfonamides is 1. The number of hydrogen-bond donors (Lipinski definition) is 1. The van der Waals surface area contributed by atoms with Gasteiger partial charge in [0.15, 0.2) is 0 Å². The van der Waals surface area contributed by atoms with Gasteiger partial charge in [0.2, 0.25) is 10.0 Å². The van der Waals surface area contributed by atoms with Crippen molar-refractivity contribution in [2.45, 2.75) is 63.1 Å². The number of anilines is 1. The molecule has 0 bridgehead atoms. The summed E-state index contributed by atoms with van der Waals surface area (Å²) in [5.41, 5.74) is 4.51. The van der Waals surface area contributed by atoms with Crippen LogP contribution in [-0.2, 0) is 16.6 Å². The molecule has 2 aromatic heterocycles. The lowest BCUT2D eigenvalue weighted by Gasteiger charge is -2.29. The van der Waals surface area contributed by atoms with Crippen LogP contribution in [0.2, 0.25) is 0 Å². The average molecular weight is 528 g/mol. The second-order valence-corrected chi connectivity index (χ2v) is 12.8. The molecule has 0 aliphatic heterocycles. The Morgan fingerprint density at radius 1 is 1.11 bits per heavy atom. The molecule has 2 heterocycles. The van der Waals surface area contributed by atoms with Crippen molar-refractivity contribution in [2.75, 3.05) is 11.9 Å². The van der Waals surface area contributed by atoms with Crippen molar-refractivity contribution in [3.8, 4) is 17.3 Å². The fraction of sp³-hybridized carbons (Fsp3) is 0.333. The van der Waals surface area contributed by atoms with Crippen molar-refractivity contribution in [3.63, 3.8) is 0 Å². The standard InChI is InChI=1S/C30H33N5O2S/c1-30(2,3)33-38(36,37)25-15-13-22(14-16-25)28-27(18-31)26-17-24(34(4)20-21-9-6-5-7-10-21)19-32-29(26)35(28)23-11-8-12-23/h5-7,9-10,13-17,19,23,33H,8,11-12,20H2,1-4H3. The lowest BCUT2D eigenvalue weighted by atomic mass is 9.92. The molecule has 0 saturated heterocycles. The molecule has 1 N–H and O–H groups in total. The van der Waals surface area contributed by atoms with Crippen molar-refractivity contribution in [1.82, 2.24) is 14.3 Å². The Morgan fingerprint density at radius 3 is 2.37 bits per heavy atom. The Bertz CT molecular complexity index is 1610. The molecule has 0 spiro atoms. The van der Waals surface area contributed by atoms with E-state index in [4.69, 9.17) is 4.98 Å². The Labute approximate surface area is 224 Å². The van der Waals surface area contributed by atoms with Crippen LogP contribution in [0.3, 0.4) is 0 Å². The van der Waals surface area contributed by atoms with E-state index in [0.29, 0.717) is 5.56 Å². The van der Waals surface area contributed by atoms with Gasteiger partial charge in [0.1, 0.15) is 11.7 Å². The highest BCUT2D eigenvalue weighted by Crippen LogP contribution is 2.42. The Morgan fingerprint density at radius 2 is 1.79 bits per heavy atom. The topological polar surface area (TPSA) is 91.0 Å². The summed E-state index contributed by atoms with van der Waals surface area (Å²) in [7, 11) is -1.63. The minimum atomic E-state index is -3.66. The first-order valence-corrected chi connectivity index (χ1v) is 14.4. The third kappa shape index (κ3) is 5.04. The van der Waals surface area contributed by atoms with Gasteiger partial charge in [-0.1, -0.05) is 42.5 Å². The molecule has 1 aliphatic rings. The van der Waals surface area contributed by atoms with E-state index in [9.17, 15) is 13.7 Å². The van der Waals surface area contributed by atoms with Gasteiger partial charge in [-0.2, -0.15) is 5.26 Å². The molecular formula is C30H33N5O2S. The third-order valence-electron chi connectivity index (χ3n) is 6.96. The van der Waals surface area contributed by atoms with Gasteiger partial charge in [-0.3, -0.25) is 0 Å². The highest BCUT2D eigenvalue weighted by atomic mass is 32.2. The number of nitrogens with one attached hydrogen (secondary N) is 1. The normalized spacial score (nSPS) is 14.3. The van der Waals surface area contributed by atoms with Gasteiger partial charge in [0.25, 0.3) is 0 Å². The molecule has 1 fully saturated rings. The summed E-state index contributed by atoms with van der Waals surface area (Å²) in [5, 5.41) is 11.1. The molecule has 0 unspecified atom stereocenters. The van der Waals surface area contributed by atoms with Gasteiger partial charge in [-0.15, -0.1) is 0 Å². The monoisotopic (exact) mass is 527 g/mol. The van der Waals surface area contributed by atoms with E-state index < -0.39 is 15.6 Å². The molecule has 4 aromatic rings. The molecule has 2 aromatic carbocycles. The first-order chi connectivity index (χ1) is 18.1. The predicted octanol–water partition coefficient (Wildman–Crippen LogP) is 6.01. The number of rotatable bonds is 7. The zero-order valence-corrected chi connectivity index (χ0v) is 23.1. The van der Waals surface area contributed by atoms with Crippen LogP contribution in [0.4, 0.5) is 5.69 Å². The van der Waals surface area contributed by atoms with E-state index in [1.54, 1.807) is 24.3 Å². The lowest BCUT2D eigenvalue weighted by Crippen LogP contribution is -2.40. The van der Waals surface area contributed by atoms with Crippen LogP contribution in [0.5, 0.6) is 0 Å². The van der Waals surface area contributed by atoms with Gasteiger partial charge < -0.3 is 9.47 Å². The first-order valence-electron chi connectivity index (χ1n) is 12.9. The van der Waals surface area contributed by atoms with Crippen molar-refractivity contribution in [1.29, 1.82) is 5.26 Å². The summed E-state index contributed by atoms with van der Waals surface area (Å²) < 4.78 is 30.6. The quantitative estimate of drug-likeness (QED) is 0.318. The second-order valence-electron chi connectivity index (χ2n) is 11.1. The third-order valence-corrected chi connectivity index (χ3v) is 8.73. The largest absolute Gasteiger partial charge is 0.369 e. The SMILES string of the molecule is CN(Cc1ccccc1)c1cnc2c(c1)c(C#N)c(-c1ccc(S(=O)(=O)NC(C)(C)C)cc1)n2C1CCC1. The van der Waals surface area contributed by atoms with Crippen LogP contribution in [0.25, 0.3) is 22.3 Å². The van der Waals surface area contributed by atoms with E-state index in [0.717, 1.165) is 53.8 Å². The minimum absolute atomic E-state index is 0.198. The molecule has 0 amide bonds. The van der Waals surface area contributed by atoms with Crippen LogP contribution in [0.1, 0.15) is 57.2 Å². The molecule has 38 heavy (non-hydrogen) atoms. The number of fused-ring (bicyclic) bond motifs is 1. The van der Waals surface area contributed by atoms with Gasteiger partial charge in [-0.05, 0) is 69.4 Å². The number of hydrogen-bond acceptors (Lipinski definition) is 5. The molecule has 5 rings (SSSR count). The van der Waals surface area contributed by atoms with Gasteiger partial charge in [0, 0.05) is 30.6 Å². The molecule has 7 nitrogen and oxygen atoms in total.